The van der Waals surface area contributed by atoms with Gasteiger partial charge in [0.15, 0.2) is 0 Å². The molecule has 6 heteroatoms. The zero-order valence-electron chi connectivity index (χ0n) is 11.6. The van der Waals surface area contributed by atoms with Crippen molar-refractivity contribution in [2.45, 2.75) is 37.0 Å². The molecular formula is C14H23ClN2O2S. The SMILES string of the molecule is Cl.NCCCc1ccc(S(=O)(=O)N2CCCCC2)cc1. The summed E-state index contributed by atoms with van der Waals surface area (Å²) >= 11 is 0. The van der Waals surface area contributed by atoms with E-state index >= 15 is 0 Å². The van der Waals surface area contributed by atoms with Crippen LogP contribution < -0.4 is 5.73 Å². The van der Waals surface area contributed by atoms with Gasteiger partial charge in [-0.2, -0.15) is 4.31 Å². The van der Waals surface area contributed by atoms with Gasteiger partial charge in [-0.3, -0.25) is 0 Å². The zero-order valence-corrected chi connectivity index (χ0v) is 13.3. The number of hydrogen-bond donors (Lipinski definition) is 1. The maximum Gasteiger partial charge on any atom is 0.243 e. The third-order valence-corrected chi connectivity index (χ3v) is 5.46. The van der Waals surface area contributed by atoms with Gasteiger partial charge in [-0.1, -0.05) is 18.6 Å². The number of nitrogens with two attached hydrogens (primary N) is 1. The second kappa shape index (κ2) is 7.98. The molecule has 1 aliphatic rings. The van der Waals surface area contributed by atoms with Crippen molar-refractivity contribution in [3.05, 3.63) is 29.8 Å². The van der Waals surface area contributed by atoms with Crippen molar-refractivity contribution in [3.63, 3.8) is 0 Å². The van der Waals surface area contributed by atoms with E-state index < -0.39 is 10.0 Å². The van der Waals surface area contributed by atoms with Gasteiger partial charge in [0, 0.05) is 13.1 Å². The summed E-state index contributed by atoms with van der Waals surface area (Å²) in [5.41, 5.74) is 6.61. The molecule has 1 aliphatic heterocycles. The highest BCUT2D eigenvalue weighted by Gasteiger charge is 2.25. The Kier molecular flexibility index (Phi) is 6.95. The molecule has 114 valence electrons. The maximum absolute atomic E-state index is 12.4. The van der Waals surface area contributed by atoms with Gasteiger partial charge >= 0.3 is 0 Å². The van der Waals surface area contributed by atoms with Gasteiger partial charge in [0.05, 0.1) is 4.90 Å². The molecule has 2 N–H and O–H groups in total. The molecule has 0 saturated carbocycles. The monoisotopic (exact) mass is 318 g/mol. The molecule has 0 unspecified atom stereocenters. The second-order valence-electron chi connectivity index (χ2n) is 5.00. The molecule has 1 fully saturated rings. The highest BCUT2D eigenvalue weighted by molar-refractivity contribution is 7.89. The molecule has 20 heavy (non-hydrogen) atoms. The summed E-state index contributed by atoms with van der Waals surface area (Å²) in [5, 5.41) is 0. The first-order valence-corrected chi connectivity index (χ1v) is 8.38. The molecule has 1 aromatic rings. The third-order valence-electron chi connectivity index (χ3n) is 3.55. The Labute approximate surface area is 127 Å². The summed E-state index contributed by atoms with van der Waals surface area (Å²) in [4.78, 5) is 0.408. The van der Waals surface area contributed by atoms with E-state index in [1.165, 1.54) is 0 Å². The fraction of sp³-hybridized carbons (Fsp3) is 0.571. The molecule has 0 aromatic heterocycles. The average molecular weight is 319 g/mol. The lowest BCUT2D eigenvalue weighted by molar-refractivity contribution is 0.346. The third kappa shape index (κ3) is 4.19. The van der Waals surface area contributed by atoms with Crippen molar-refractivity contribution in [2.24, 2.45) is 5.73 Å². The van der Waals surface area contributed by atoms with E-state index in [1.54, 1.807) is 16.4 Å². The molecule has 0 spiro atoms. The fourth-order valence-electron chi connectivity index (χ4n) is 2.39. The van der Waals surface area contributed by atoms with Crippen molar-refractivity contribution < 1.29 is 8.42 Å². The Morgan fingerprint density at radius 2 is 1.65 bits per heavy atom. The number of rotatable bonds is 5. The quantitative estimate of drug-likeness (QED) is 0.905. The molecule has 0 atom stereocenters. The van der Waals surface area contributed by atoms with Crippen LogP contribution in [0.5, 0.6) is 0 Å². The molecule has 4 nitrogen and oxygen atoms in total. The molecule has 0 bridgehead atoms. The standard InChI is InChI=1S/C14H22N2O2S.ClH/c15-10-4-5-13-6-8-14(9-7-13)19(17,18)16-11-2-1-3-12-16;/h6-9H,1-5,10-12,15H2;1H. The van der Waals surface area contributed by atoms with Crippen molar-refractivity contribution >= 4 is 22.4 Å². The molecule has 1 aromatic carbocycles. The number of hydrogen-bond acceptors (Lipinski definition) is 3. The Balaban J connectivity index is 0.00000200. The molecule has 1 heterocycles. The van der Waals surface area contributed by atoms with Crippen LogP contribution in [0.4, 0.5) is 0 Å². The summed E-state index contributed by atoms with van der Waals surface area (Å²) in [7, 11) is -3.29. The maximum atomic E-state index is 12.4. The lowest BCUT2D eigenvalue weighted by atomic mass is 10.1. The van der Waals surface area contributed by atoms with E-state index in [9.17, 15) is 8.42 Å². The van der Waals surface area contributed by atoms with Gasteiger partial charge < -0.3 is 5.73 Å². The largest absolute Gasteiger partial charge is 0.330 e. The minimum absolute atomic E-state index is 0. The Morgan fingerprint density at radius 1 is 1.05 bits per heavy atom. The van der Waals surface area contributed by atoms with E-state index in [0.717, 1.165) is 37.7 Å². The van der Waals surface area contributed by atoms with Gasteiger partial charge in [-0.05, 0) is 49.9 Å². The van der Waals surface area contributed by atoms with E-state index in [0.29, 0.717) is 24.5 Å². The molecule has 0 amide bonds. The molecule has 0 aliphatic carbocycles. The van der Waals surface area contributed by atoms with Gasteiger partial charge in [0.2, 0.25) is 10.0 Å². The first-order chi connectivity index (χ1) is 9.14. The van der Waals surface area contributed by atoms with E-state index in [1.807, 2.05) is 12.1 Å². The topological polar surface area (TPSA) is 63.4 Å². The highest BCUT2D eigenvalue weighted by Crippen LogP contribution is 2.21. The zero-order chi connectivity index (χ0) is 13.7. The van der Waals surface area contributed by atoms with Crippen LogP contribution in [0.25, 0.3) is 0 Å². The summed E-state index contributed by atoms with van der Waals surface area (Å²) in [5.74, 6) is 0. The normalized spacial score (nSPS) is 16.6. The predicted molar refractivity (Wildman–Crippen MR) is 83.7 cm³/mol. The lowest BCUT2D eigenvalue weighted by Gasteiger charge is -2.25. The van der Waals surface area contributed by atoms with Crippen LogP contribution in [-0.4, -0.2) is 32.4 Å². The van der Waals surface area contributed by atoms with E-state index in [4.69, 9.17) is 5.73 Å². The Hall–Kier alpha value is -0.620. The van der Waals surface area contributed by atoms with Gasteiger partial charge in [-0.15, -0.1) is 12.4 Å². The number of sulfonamides is 1. The molecule has 2 rings (SSSR count). The fourth-order valence-corrected chi connectivity index (χ4v) is 3.91. The van der Waals surface area contributed by atoms with Crippen LogP contribution in [0.3, 0.4) is 0 Å². The summed E-state index contributed by atoms with van der Waals surface area (Å²) in [6.07, 6.45) is 4.89. The number of aryl methyl sites for hydroxylation is 1. The highest BCUT2D eigenvalue weighted by atomic mass is 35.5. The Bertz CT molecular complexity index is 496. The molecule has 1 saturated heterocycles. The van der Waals surface area contributed by atoms with Crippen LogP contribution >= 0.6 is 12.4 Å². The number of piperidine rings is 1. The van der Waals surface area contributed by atoms with Crippen LogP contribution in [0.2, 0.25) is 0 Å². The number of benzene rings is 1. The minimum atomic E-state index is -3.29. The van der Waals surface area contributed by atoms with Crippen LogP contribution in [0.15, 0.2) is 29.2 Å². The van der Waals surface area contributed by atoms with E-state index in [-0.39, 0.29) is 12.4 Å². The summed E-state index contributed by atoms with van der Waals surface area (Å²) in [6.45, 7) is 1.96. The van der Waals surface area contributed by atoms with Crippen LogP contribution in [-0.2, 0) is 16.4 Å². The van der Waals surface area contributed by atoms with Crippen molar-refractivity contribution in [2.75, 3.05) is 19.6 Å². The number of nitrogens with zero attached hydrogens (tertiary/aromatic N) is 1. The van der Waals surface area contributed by atoms with Crippen LogP contribution in [0.1, 0.15) is 31.2 Å². The van der Waals surface area contributed by atoms with Crippen molar-refractivity contribution in [1.29, 1.82) is 0 Å². The first-order valence-electron chi connectivity index (χ1n) is 6.94. The molecule has 0 radical (unpaired) electrons. The average Bonchev–Trinajstić information content (AvgIpc) is 2.46. The predicted octanol–water partition coefficient (Wildman–Crippen LogP) is 2.17. The minimum Gasteiger partial charge on any atom is -0.330 e. The Morgan fingerprint density at radius 3 is 2.20 bits per heavy atom. The first kappa shape index (κ1) is 17.4. The summed E-state index contributed by atoms with van der Waals surface area (Å²) in [6, 6.07) is 7.23. The van der Waals surface area contributed by atoms with Crippen LogP contribution in [0, 0.1) is 0 Å². The van der Waals surface area contributed by atoms with Gasteiger partial charge in [-0.25, -0.2) is 8.42 Å². The van der Waals surface area contributed by atoms with Crippen molar-refractivity contribution in [1.82, 2.24) is 4.31 Å². The van der Waals surface area contributed by atoms with Crippen molar-refractivity contribution in [3.8, 4) is 0 Å². The van der Waals surface area contributed by atoms with Gasteiger partial charge in [0.25, 0.3) is 0 Å². The smallest absolute Gasteiger partial charge is 0.243 e. The molecular weight excluding hydrogens is 296 g/mol. The lowest BCUT2D eigenvalue weighted by Crippen LogP contribution is -2.35. The second-order valence-corrected chi connectivity index (χ2v) is 6.94. The number of halogens is 1. The van der Waals surface area contributed by atoms with E-state index in [2.05, 4.69) is 0 Å². The summed E-state index contributed by atoms with van der Waals surface area (Å²) < 4.78 is 26.4. The van der Waals surface area contributed by atoms with Gasteiger partial charge in [0.1, 0.15) is 0 Å².